The van der Waals surface area contributed by atoms with Crippen LogP contribution < -0.4 is 19.7 Å². The Morgan fingerprint density at radius 1 is 1.03 bits per heavy atom. The minimum atomic E-state index is -0.0149. The van der Waals surface area contributed by atoms with E-state index >= 15 is 0 Å². The normalized spacial score (nSPS) is 14.3. The third-order valence-corrected chi connectivity index (χ3v) is 6.34. The summed E-state index contributed by atoms with van der Waals surface area (Å²) in [7, 11) is 0. The Balaban J connectivity index is 1.29. The van der Waals surface area contributed by atoms with Gasteiger partial charge in [0.05, 0.1) is 13.2 Å². The molecule has 4 rings (SSSR count). The van der Waals surface area contributed by atoms with Crippen molar-refractivity contribution in [1.82, 2.24) is 25.1 Å². The van der Waals surface area contributed by atoms with Gasteiger partial charge < -0.3 is 19.7 Å². The summed E-state index contributed by atoms with van der Waals surface area (Å²) in [6.45, 7) is 9.94. The third-order valence-electron chi connectivity index (χ3n) is 6.34. The number of nitrogens with one attached hydrogen (secondary N) is 1. The van der Waals surface area contributed by atoms with Gasteiger partial charge in [0.15, 0.2) is 23.0 Å². The van der Waals surface area contributed by atoms with Crippen LogP contribution in [0.5, 0.6) is 11.5 Å². The molecule has 9 heteroatoms. The standard InChI is InChI=1S/C26H36N6O3/c1-4-34-21-7-6-20(18-22(21)35-5-2)12-15-27-26(33)11-10-24-29-28-23-8-9-25(30-32(23)24)31-16-13-19(3)14-17-31/h6-9,18-19H,4-5,10-17H2,1-3H3,(H,27,33). The van der Waals surface area contributed by atoms with Crippen molar-refractivity contribution in [2.45, 2.75) is 52.9 Å². The predicted molar refractivity (Wildman–Crippen MR) is 135 cm³/mol. The molecule has 0 radical (unpaired) electrons. The van der Waals surface area contributed by atoms with Gasteiger partial charge in [0.1, 0.15) is 5.82 Å². The summed E-state index contributed by atoms with van der Waals surface area (Å²) < 4.78 is 13.1. The lowest BCUT2D eigenvalue weighted by atomic mass is 9.99. The number of rotatable bonds is 11. The van der Waals surface area contributed by atoms with Crippen LogP contribution in [0.1, 0.15) is 51.4 Å². The Morgan fingerprint density at radius 2 is 1.80 bits per heavy atom. The number of fused-ring (bicyclic) bond motifs is 1. The Hall–Kier alpha value is -3.36. The predicted octanol–water partition coefficient (Wildman–Crippen LogP) is 3.45. The fraction of sp³-hybridized carbons (Fsp3) is 0.538. The van der Waals surface area contributed by atoms with E-state index in [1.165, 1.54) is 12.8 Å². The maximum Gasteiger partial charge on any atom is 0.220 e. The van der Waals surface area contributed by atoms with Crippen LogP contribution in [0.3, 0.4) is 0 Å². The summed E-state index contributed by atoms with van der Waals surface area (Å²) in [6.07, 6.45) is 3.89. The number of anilines is 1. The Kier molecular flexibility index (Phi) is 8.39. The van der Waals surface area contributed by atoms with Gasteiger partial charge in [-0.3, -0.25) is 4.79 Å². The van der Waals surface area contributed by atoms with E-state index in [0.29, 0.717) is 50.5 Å². The number of piperidine rings is 1. The lowest BCUT2D eigenvalue weighted by Gasteiger charge is -2.30. The molecule has 1 aromatic carbocycles. The average molecular weight is 481 g/mol. The van der Waals surface area contributed by atoms with E-state index in [0.717, 1.165) is 41.9 Å². The number of ether oxygens (including phenoxy) is 2. The van der Waals surface area contributed by atoms with Gasteiger partial charge in [-0.25, -0.2) is 0 Å². The molecule has 1 fully saturated rings. The maximum absolute atomic E-state index is 12.5. The van der Waals surface area contributed by atoms with Gasteiger partial charge in [0.2, 0.25) is 5.91 Å². The molecule has 0 bridgehead atoms. The molecule has 1 saturated heterocycles. The molecule has 1 N–H and O–H groups in total. The number of nitrogens with zero attached hydrogens (tertiary/aromatic N) is 5. The van der Waals surface area contributed by atoms with Gasteiger partial charge in [-0.15, -0.1) is 15.3 Å². The van der Waals surface area contributed by atoms with E-state index in [1.807, 2.05) is 44.2 Å². The quantitative estimate of drug-likeness (QED) is 0.449. The molecule has 0 unspecified atom stereocenters. The summed E-state index contributed by atoms with van der Waals surface area (Å²) in [5, 5.41) is 16.3. The molecule has 3 aromatic rings. The van der Waals surface area contributed by atoms with Gasteiger partial charge >= 0.3 is 0 Å². The van der Waals surface area contributed by atoms with Gasteiger partial charge in [-0.2, -0.15) is 4.52 Å². The molecule has 2 aromatic heterocycles. The van der Waals surface area contributed by atoms with Gasteiger partial charge in [0, 0.05) is 32.5 Å². The topological polar surface area (TPSA) is 93.9 Å². The van der Waals surface area contributed by atoms with Crippen molar-refractivity contribution in [3.8, 4) is 11.5 Å². The highest BCUT2D eigenvalue weighted by atomic mass is 16.5. The zero-order valence-electron chi connectivity index (χ0n) is 21.0. The Labute approximate surface area is 206 Å². The summed E-state index contributed by atoms with van der Waals surface area (Å²) >= 11 is 0. The van der Waals surface area contributed by atoms with Gasteiger partial charge in [-0.05, 0) is 68.9 Å². The SMILES string of the molecule is CCOc1ccc(CCNC(=O)CCc2nnc3ccc(N4CCC(C)CC4)nn23)cc1OCC. The monoisotopic (exact) mass is 480 g/mol. The number of benzene rings is 1. The number of aromatic nitrogens is 4. The molecule has 9 nitrogen and oxygen atoms in total. The number of hydrogen-bond acceptors (Lipinski definition) is 7. The van der Waals surface area contributed by atoms with E-state index in [1.54, 1.807) is 4.52 Å². The largest absolute Gasteiger partial charge is 0.490 e. The lowest BCUT2D eigenvalue weighted by Crippen LogP contribution is -2.33. The molecule has 3 heterocycles. The minimum Gasteiger partial charge on any atom is -0.490 e. The van der Waals surface area contributed by atoms with E-state index in [2.05, 4.69) is 27.3 Å². The number of carbonyl (C=O) groups is 1. The number of hydrogen-bond donors (Lipinski definition) is 1. The van der Waals surface area contributed by atoms with Crippen molar-refractivity contribution in [2.75, 3.05) is 37.7 Å². The number of aryl methyl sites for hydroxylation is 1. The van der Waals surface area contributed by atoms with E-state index < -0.39 is 0 Å². The second kappa shape index (κ2) is 11.9. The zero-order valence-corrected chi connectivity index (χ0v) is 21.0. The summed E-state index contributed by atoms with van der Waals surface area (Å²) in [5.74, 6) is 3.88. The van der Waals surface area contributed by atoms with E-state index in [9.17, 15) is 4.79 Å². The highest BCUT2D eigenvalue weighted by molar-refractivity contribution is 5.76. The molecule has 188 valence electrons. The molecule has 0 aliphatic carbocycles. The van der Waals surface area contributed by atoms with Crippen molar-refractivity contribution in [3.05, 3.63) is 41.7 Å². The maximum atomic E-state index is 12.5. The molecule has 0 atom stereocenters. The van der Waals surface area contributed by atoms with Crippen molar-refractivity contribution < 1.29 is 14.3 Å². The van der Waals surface area contributed by atoms with Crippen LogP contribution in [0, 0.1) is 5.92 Å². The van der Waals surface area contributed by atoms with E-state index in [4.69, 9.17) is 14.6 Å². The van der Waals surface area contributed by atoms with Gasteiger partial charge in [-0.1, -0.05) is 13.0 Å². The molecule has 0 saturated carbocycles. The highest BCUT2D eigenvalue weighted by Crippen LogP contribution is 2.28. The second-order valence-corrected chi connectivity index (χ2v) is 8.99. The first-order chi connectivity index (χ1) is 17.1. The minimum absolute atomic E-state index is 0.0149. The van der Waals surface area contributed by atoms with Crippen LogP contribution in [0.2, 0.25) is 0 Å². The molecule has 35 heavy (non-hydrogen) atoms. The lowest BCUT2D eigenvalue weighted by molar-refractivity contribution is -0.121. The number of carbonyl (C=O) groups excluding carboxylic acids is 1. The van der Waals surface area contributed by atoms with Crippen molar-refractivity contribution in [2.24, 2.45) is 5.92 Å². The first-order valence-electron chi connectivity index (χ1n) is 12.7. The summed E-state index contributed by atoms with van der Waals surface area (Å²) in [6, 6.07) is 9.87. The van der Waals surface area contributed by atoms with Crippen molar-refractivity contribution >= 4 is 17.4 Å². The Morgan fingerprint density at radius 3 is 2.57 bits per heavy atom. The molecular formula is C26H36N6O3. The Bertz CT molecular complexity index is 1120. The van der Waals surface area contributed by atoms with Crippen LogP contribution in [-0.2, 0) is 17.6 Å². The van der Waals surface area contributed by atoms with E-state index in [-0.39, 0.29) is 5.91 Å². The van der Waals surface area contributed by atoms with Crippen LogP contribution in [0.4, 0.5) is 5.82 Å². The van der Waals surface area contributed by atoms with Crippen molar-refractivity contribution in [1.29, 1.82) is 0 Å². The molecule has 0 spiro atoms. The molecule has 1 amide bonds. The fourth-order valence-corrected chi connectivity index (χ4v) is 4.30. The van der Waals surface area contributed by atoms with Crippen LogP contribution in [-0.4, -0.2) is 58.6 Å². The van der Waals surface area contributed by atoms with Crippen molar-refractivity contribution in [3.63, 3.8) is 0 Å². The smallest absolute Gasteiger partial charge is 0.220 e. The fourth-order valence-electron chi connectivity index (χ4n) is 4.30. The summed E-state index contributed by atoms with van der Waals surface area (Å²) in [5.41, 5.74) is 1.79. The third kappa shape index (κ3) is 6.41. The van der Waals surface area contributed by atoms with Gasteiger partial charge in [0.25, 0.3) is 0 Å². The average Bonchev–Trinajstić information content (AvgIpc) is 3.27. The number of amides is 1. The second-order valence-electron chi connectivity index (χ2n) is 8.99. The van der Waals surface area contributed by atoms with Crippen LogP contribution >= 0.6 is 0 Å². The van der Waals surface area contributed by atoms with Crippen LogP contribution in [0.25, 0.3) is 5.65 Å². The summed E-state index contributed by atoms with van der Waals surface area (Å²) in [4.78, 5) is 14.8. The molecule has 1 aliphatic heterocycles. The first-order valence-corrected chi connectivity index (χ1v) is 12.7. The van der Waals surface area contributed by atoms with Crippen LogP contribution in [0.15, 0.2) is 30.3 Å². The highest BCUT2D eigenvalue weighted by Gasteiger charge is 2.18. The molecule has 1 aliphatic rings. The molecular weight excluding hydrogens is 444 g/mol. The zero-order chi connectivity index (χ0) is 24.6. The first kappa shape index (κ1) is 24.8.